The van der Waals surface area contributed by atoms with Crippen molar-refractivity contribution in [2.24, 2.45) is 4.99 Å². The molecule has 3 nitrogen and oxygen atoms in total. The summed E-state index contributed by atoms with van der Waals surface area (Å²) in [6, 6.07) is 3.93. The average molecular weight is 224 g/mol. The minimum absolute atomic E-state index is 0.397. The molecule has 1 unspecified atom stereocenters. The number of thioether (sulfide) groups is 1. The van der Waals surface area contributed by atoms with Gasteiger partial charge in [0.05, 0.1) is 11.7 Å². The van der Waals surface area contributed by atoms with Gasteiger partial charge in [-0.2, -0.15) is 0 Å². The molecule has 0 bridgehead atoms. The van der Waals surface area contributed by atoms with Crippen LogP contribution in [0.2, 0.25) is 0 Å². The number of rotatable bonds is 4. The van der Waals surface area contributed by atoms with Crippen LogP contribution in [0.1, 0.15) is 12.5 Å². The molecule has 0 saturated carbocycles. The Hall–Kier alpha value is -0.870. The minimum atomic E-state index is 0.397. The van der Waals surface area contributed by atoms with Crippen LogP contribution in [0.25, 0.3) is 0 Å². The maximum Gasteiger partial charge on any atom is 0.0992 e. The minimum Gasteiger partial charge on any atom is -0.384 e. The normalized spacial score (nSPS) is 13.9. The van der Waals surface area contributed by atoms with Gasteiger partial charge < -0.3 is 4.74 Å². The summed E-state index contributed by atoms with van der Waals surface area (Å²) in [7, 11) is 3.51. The number of ether oxygens (including phenoxy) is 1. The molecule has 1 rings (SSSR count). The van der Waals surface area contributed by atoms with Crippen molar-refractivity contribution in [3.05, 3.63) is 30.1 Å². The molecular formula is C11H16N2OS. The number of aliphatic imine (C=N–C) groups is 1. The van der Waals surface area contributed by atoms with Crippen LogP contribution in [0.5, 0.6) is 0 Å². The number of hydrogen-bond acceptors (Lipinski definition) is 4. The van der Waals surface area contributed by atoms with Gasteiger partial charge in [0.25, 0.3) is 0 Å². The quantitative estimate of drug-likeness (QED) is 0.581. The molecule has 0 spiro atoms. The fourth-order valence-electron chi connectivity index (χ4n) is 1.20. The lowest BCUT2D eigenvalue weighted by Crippen LogP contribution is -2.10. The molecule has 0 amide bonds. The largest absolute Gasteiger partial charge is 0.384 e. The monoisotopic (exact) mass is 224 g/mol. The SMILES string of the molecule is C/N=C(\SC(C)COC)c1cccnc1. The van der Waals surface area contributed by atoms with E-state index in [0.717, 1.165) is 17.2 Å². The smallest absolute Gasteiger partial charge is 0.0992 e. The predicted octanol–water partition coefficient (Wildman–Crippen LogP) is 2.23. The number of hydrogen-bond donors (Lipinski definition) is 0. The van der Waals surface area contributed by atoms with Crippen molar-refractivity contribution in [2.45, 2.75) is 12.2 Å². The van der Waals surface area contributed by atoms with E-state index >= 15 is 0 Å². The van der Waals surface area contributed by atoms with Gasteiger partial charge in [0.15, 0.2) is 0 Å². The van der Waals surface area contributed by atoms with Gasteiger partial charge in [0, 0.05) is 37.4 Å². The topological polar surface area (TPSA) is 34.5 Å². The summed E-state index contributed by atoms with van der Waals surface area (Å²) in [6.07, 6.45) is 3.59. The molecule has 0 saturated heterocycles. The maximum atomic E-state index is 5.09. The molecule has 1 atom stereocenters. The molecule has 0 radical (unpaired) electrons. The zero-order valence-corrected chi connectivity index (χ0v) is 10.1. The van der Waals surface area contributed by atoms with Crippen LogP contribution in [0.4, 0.5) is 0 Å². The lowest BCUT2D eigenvalue weighted by atomic mass is 10.3. The van der Waals surface area contributed by atoms with Crippen molar-refractivity contribution in [3.63, 3.8) is 0 Å². The van der Waals surface area contributed by atoms with E-state index in [1.165, 1.54) is 0 Å². The first-order chi connectivity index (χ1) is 7.27. The summed E-state index contributed by atoms with van der Waals surface area (Å²) in [5, 5.41) is 1.40. The van der Waals surface area contributed by atoms with Gasteiger partial charge in [0.1, 0.15) is 0 Å². The number of aromatic nitrogens is 1. The average Bonchev–Trinajstić information content (AvgIpc) is 2.27. The number of methoxy groups -OCH3 is 1. The van der Waals surface area contributed by atoms with Crippen LogP contribution in [-0.2, 0) is 4.74 Å². The first kappa shape index (κ1) is 12.2. The first-order valence-corrected chi connectivity index (χ1v) is 5.68. The second kappa shape index (κ2) is 6.58. The molecule has 4 heteroatoms. The van der Waals surface area contributed by atoms with Crippen LogP contribution in [0.15, 0.2) is 29.5 Å². The van der Waals surface area contributed by atoms with E-state index in [0.29, 0.717) is 5.25 Å². The molecular weight excluding hydrogens is 208 g/mol. The number of pyridine rings is 1. The van der Waals surface area contributed by atoms with Crippen LogP contribution in [-0.4, -0.2) is 36.0 Å². The van der Waals surface area contributed by atoms with Gasteiger partial charge in [-0.05, 0) is 12.1 Å². The lowest BCUT2D eigenvalue weighted by molar-refractivity contribution is 0.203. The van der Waals surface area contributed by atoms with E-state index in [2.05, 4.69) is 16.9 Å². The van der Waals surface area contributed by atoms with Crippen molar-refractivity contribution in [1.82, 2.24) is 4.98 Å². The Bertz CT molecular complexity index is 314. The van der Waals surface area contributed by atoms with Crippen molar-refractivity contribution < 1.29 is 4.74 Å². The Morgan fingerprint density at radius 3 is 3.00 bits per heavy atom. The highest BCUT2D eigenvalue weighted by atomic mass is 32.2. The van der Waals surface area contributed by atoms with Crippen molar-refractivity contribution in [2.75, 3.05) is 20.8 Å². The Labute approximate surface area is 95.0 Å². The molecule has 0 aliphatic rings. The third-order valence-electron chi connectivity index (χ3n) is 1.83. The van der Waals surface area contributed by atoms with Gasteiger partial charge in [-0.1, -0.05) is 6.92 Å². The van der Waals surface area contributed by atoms with Gasteiger partial charge in [-0.25, -0.2) is 0 Å². The molecule has 1 aromatic rings. The van der Waals surface area contributed by atoms with Crippen molar-refractivity contribution in [3.8, 4) is 0 Å². The predicted molar refractivity (Wildman–Crippen MR) is 65.6 cm³/mol. The molecule has 0 aromatic carbocycles. The maximum absolute atomic E-state index is 5.09. The Morgan fingerprint density at radius 1 is 1.67 bits per heavy atom. The van der Waals surface area contributed by atoms with E-state index in [1.54, 1.807) is 32.1 Å². The van der Waals surface area contributed by atoms with Crippen LogP contribution < -0.4 is 0 Å². The molecule has 15 heavy (non-hydrogen) atoms. The van der Waals surface area contributed by atoms with Gasteiger partial charge in [-0.15, -0.1) is 11.8 Å². The molecule has 82 valence electrons. The molecule has 0 fully saturated rings. The van der Waals surface area contributed by atoms with Gasteiger partial charge >= 0.3 is 0 Å². The third-order valence-corrected chi connectivity index (χ3v) is 3.01. The zero-order chi connectivity index (χ0) is 11.1. The van der Waals surface area contributed by atoms with Gasteiger partial charge in [0.2, 0.25) is 0 Å². The number of nitrogens with zero attached hydrogens (tertiary/aromatic N) is 2. The molecule has 1 aromatic heterocycles. The summed E-state index contributed by atoms with van der Waals surface area (Å²) in [5.41, 5.74) is 1.06. The van der Waals surface area contributed by atoms with E-state index in [-0.39, 0.29) is 0 Å². The molecule has 0 N–H and O–H groups in total. The summed E-state index contributed by atoms with van der Waals surface area (Å²) in [6.45, 7) is 2.85. The highest BCUT2D eigenvalue weighted by molar-refractivity contribution is 8.14. The van der Waals surface area contributed by atoms with Crippen molar-refractivity contribution in [1.29, 1.82) is 0 Å². The Morgan fingerprint density at radius 2 is 2.47 bits per heavy atom. The molecule has 0 aliphatic heterocycles. The van der Waals surface area contributed by atoms with E-state index in [9.17, 15) is 0 Å². The highest BCUT2D eigenvalue weighted by Gasteiger charge is 2.09. The zero-order valence-electron chi connectivity index (χ0n) is 9.30. The van der Waals surface area contributed by atoms with Crippen molar-refractivity contribution >= 4 is 16.8 Å². The Kier molecular flexibility index (Phi) is 5.36. The second-order valence-corrected chi connectivity index (χ2v) is 4.58. The molecule has 1 heterocycles. The van der Waals surface area contributed by atoms with Gasteiger partial charge in [-0.3, -0.25) is 9.98 Å². The van der Waals surface area contributed by atoms with Crippen LogP contribution in [0.3, 0.4) is 0 Å². The summed E-state index contributed by atoms with van der Waals surface area (Å²) in [5.74, 6) is 0. The lowest BCUT2D eigenvalue weighted by Gasteiger charge is -2.11. The van der Waals surface area contributed by atoms with E-state index in [4.69, 9.17) is 4.74 Å². The summed E-state index contributed by atoms with van der Waals surface area (Å²) < 4.78 is 5.09. The molecule has 0 aliphatic carbocycles. The first-order valence-electron chi connectivity index (χ1n) is 4.80. The fourth-order valence-corrected chi connectivity index (χ4v) is 2.15. The van der Waals surface area contributed by atoms with E-state index in [1.807, 2.05) is 18.3 Å². The Balaban J connectivity index is 2.66. The summed E-state index contributed by atoms with van der Waals surface area (Å²) >= 11 is 1.71. The second-order valence-electron chi connectivity index (χ2n) is 3.15. The highest BCUT2D eigenvalue weighted by Crippen LogP contribution is 2.18. The third kappa shape index (κ3) is 4.01. The van der Waals surface area contributed by atoms with Crippen LogP contribution >= 0.6 is 11.8 Å². The van der Waals surface area contributed by atoms with Crippen LogP contribution in [0, 0.1) is 0 Å². The standard InChI is InChI=1S/C11H16N2OS/c1-9(8-14-3)15-11(12-2)10-5-4-6-13-7-10/h4-7,9H,8H2,1-3H3/b12-11-. The van der Waals surface area contributed by atoms with E-state index < -0.39 is 0 Å². The fraction of sp³-hybridized carbons (Fsp3) is 0.455. The summed E-state index contributed by atoms with van der Waals surface area (Å²) in [4.78, 5) is 8.35.